The maximum Gasteiger partial charge on any atom is 0.134 e. The van der Waals surface area contributed by atoms with Crippen molar-refractivity contribution in [2.45, 2.75) is 88.6 Å². The molecule has 5 heteroatoms. The Morgan fingerprint density at radius 2 is 1.89 bits per heavy atom. The van der Waals surface area contributed by atoms with Crippen molar-refractivity contribution in [3.8, 4) is 0 Å². The number of anilines is 1. The number of nitrogens with zero attached hydrogens (tertiary/aromatic N) is 2. The lowest BCUT2D eigenvalue weighted by Crippen LogP contribution is -2.59. The van der Waals surface area contributed by atoms with Crippen molar-refractivity contribution in [2.75, 3.05) is 25.0 Å². The highest BCUT2D eigenvalue weighted by Gasteiger charge is 2.58. The van der Waals surface area contributed by atoms with Gasteiger partial charge in [-0.2, -0.15) is 0 Å². The zero-order valence-corrected chi connectivity index (χ0v) is 22.3. The van der Waals surface area contributed by atoms with Crippen LogP contribution in [0.25, 0.3) is 10.9 Å². The lowest BCUT2D eigenvalue weighted by atomic mass is 9.72. The van der Waals surface area contributed by atoms with E-state index in [4.69, 9.17) is 0 Å². The first-order valence-electron chi connectivity index (χ1n) is 14.7. The smallest absolute Gasteiger partial charge is 0.134 e. The highest BCUT2D eigenvalue weighted by Crippen LogP contribution is 2.60. The summed E-state index contributed by atoms with van der Waals surface area (Å²) in [5.41, 5.74) is 6.87. The molecule has 2 aliphatic heterocycles. The predicted octanol–water partition coefficient (Wildman–Crippen LogP) is 6.68. The van der Waals surface area contributed by atoms with Gasteiger partial charge in [-0.1, -0.05) is 43.7 Å². The van der Waals surface area contributed by atoms with E-state index in [1.165, 1.54) is 53.4 Å². The summed E-state index contributed by atoms with van der Waals surface area (Å²) in [6.07, 6.45) is 8.03. The number of H-pyrrole nitrogens is 1. The number of fused-ring (bicyclic) bond motifs is 4. The molecular weight excluding hydrogens is 459 g/mol. The number of halogens is 1. The molecule has 196 valence electrons. The summed E-state index contributed by atoms with van der Waals surface area (Å²) in [5.74, 6) is 0.931. The van der Waals surface area contributed by atoms with Crippen molar-refractivity contribution in [1.29, 1.82) is 0 Å². The molecule has 2 bridgehead atoms. The minimum absolute atomic E-state index is 0.126. The van der Waals surface area contributed by atoms with E-state index in [1.54, 1.807) is 0 Å². The molecule has 0 spiro atoms. The van der Waals surface area contributed by atoms with Crippen LogP contribution in [0, 0.1) is 5.92 Å². The van der Waals surface area contributed by atoms with Crippen molar-refractivity contribution in [1.82, 2.24) is 14.8 Å². The highest BCUT2D eigenvalue weighted by atomic mass is 19.1. The van der Waals surface area contributed by atoms with Crippen molar-refractivity contribution in [3.63, 3.8) is 0 Å². The molecule has 1 saturated heterocycles. The Hall–Kier alpha value is -2.37. The van der Waals surface area contributed by atoms with Crippen LogP contribution in [-0.2, 0) is 6.42 Å². The van der Waals surface area contributed by atoms with E-state index in [-0.39, 0.29) is 12.1 Å². The predicted molar refractivity (Wildman–Crippen MR) is 150 cm³/mol. The Balaban J connectivity index is 1.19. The van der Waals surface area contributed by atoms with Gasteiger partial charge < -0.3 is 10.3 Å². The van der Waals surface area contributed by atoms with Gasteiger partial charge in [0.05, 0.1) is 12.1 Å². The minimum Gasteiger partial charge on any atom is -0.378 e. The third-order valence-corrected chi connectivity index (χ3v) is 10.0. The molecule has 0 radical (unpaired) electrons. The zero-order valence-electron chi connectivity index (χ0n) is 22.3. The van der Waals surface area contributed by atoms with Crippen molar-refractivity contribution in [2.24, 2.45) is 5.92 Å². The summed E-state index contributed by atoms with van der Waals surface area (Å²) in [6.45, 7) is 6.98. The average molecular weight is 501 g/mol. The normalized spacial score (nSPS) is 33.5. The number of hydrogen-bond acceptors (Lipinski definition) is 3. The van der Waals surface area contributed by atoms with Crippen LogP contribution in [0.3, 0.4) is 0 Å². The Bertz CT molecular complexity index is 1250. The fourth-order valence-corrected chi connectivity index (χ4v) is 8.28. The second-order valence-electron chi connectivity index (χ2n) is 12.5. The van der Waals surface area contributed by atoms with Crippen LogP contribution in [-0.4, -0.2) is 58.2 Å². The maximum atomic E-state index is 14.8. The first-order valence-corrected chi connectivity index (χ1v) is 14.7. The summed E-state index contributed by atoms with van der Waals surface area (Å²) >= 11 is 0. The van der Waals surface area contributed by atoms with Gasteiger partial charge in [-0.25, -0.2) is 4.39 Å². The SMILES string of the molecule is CCCCN1C[C@@H](F)[C@H](Nc2ccc([C@@H]3c4[nH]c5ccccc5c4C[C@@H](C)N3C34CCC(C3)C4)cc2)C1. The van der Waals surface area contributed by atoms with E-state index in [1.807, 2.05) is 0 Å². The van der Waals surface area contributed by atoms with Gasteiger partial charge in [0.1, 0.15) is 6.17 Å². The largest absolute Gasteiger partial charge is 0.378 e. The molecule has 8 rings (SSSR count). The molecule has 2 N–H and O–H groups in total. The fraction of sp³-hybridized carbons (Fsp3) is 0.562. The van der Waals surface area contributed by atoms with Gasteiger partial charge in [0.25, 0.3) is 0 Å². The third kappa shape index (κ3) is 3.92. The summed E-state index contributed by atoms with van der Waals surface area (Å²) in [7, 11) is 0. The molecule has 5 aliphatic rings. The number of hydrogen-bond donors (Lipinski definition) is 2. The lowest BCUT2D eigenvalue weighted by Gasteiger charge is -2.55. The molecule has 3 heterocycles. The van der Waals surface area contributed by atoms with Crippen LogP contribution in [0.2, 0.25) is 0 Å². The van der Waals surface area contributed by atoms with Crippen LogP contribution in [0.4, 0.5) is 10.1 Å². The Labute approximate surface area is 220 Å². The van der Waals surface area contributed by atoms with Crippen molar-refractivity contribution in [3.05, 3.63) is 65.4 Å². The maximum absolute atomic E-state index is 14.8. The molecule has 4 fully saturated rings. The standard InChI is InChI=1S/C32H41FN4/c1-3-4-15-36-19-27(33)29(20-36)34-24-11-9-23(10-12-24)31-30-26(25-7-5-6-8-28(25)35-30)16-21(2)37(31)32-14-13-22(17-32)18-32/h5-12,21-22,27,29,31,34-35H,3-4,13-20H2,1-2H3/t21-,22?,27-,29-,31-,32?/m1/s1. The van der Waals surface area contributed by atoms with Gasteiger partial charge in [0, 0.05) is 47.0 Å². The third-order valence-electron chi connectivity index (χ3n) is 10.0. The summed E-state index contributed by atoms with van der Waals surface area (Å²) in [5, 5.41) is 4.90. The van der Waals surface area contributed by atoms with E-state index in [9.17, 15) is 4.39 Å². The van der Waals surface area contributed by atoms with Gasteiger partial charge in [0.2, 0.25) is 0 Å². The molecule has 37 heavy (non-hydrogen) atoms. The molecule has 4 atom stereocenters. The number of para-hydroxylation sites is 1. The molecule has 0 amide bonds. The van der Waals surface area contributed by atoms with E-state index >= 15 is 0 Å². The van der Waals surface area contributed by atoms with Crippen LogP contribution >= 0.6 is 0 Å². The first kappa shape index (κ1) is 23.7. The molecule has 0 unspecified atom stereocenters. The van der Waals surface area contributed by atoms with Gasteiger partial charge >= 0.3 is 0 Å². The number of aromatic amines is 1. The second-order valence-corrected chi connectivity index (χ2v) is 12.5. The summed E-state index contributed by atoms with van der Waals surface area (Å²) in [4.78, 5) is 9.02. The minimum atomic E-state index is -0.812. The number of aromatic nitrogens is 1. The number of rotatable bonds is 7. The van der Waals surface area contributed by atoms with Gasteiger partial charge in [0.15, 0.2) is 0 Å². The Morgan fingerprint density at radius 3 is 2.65 bits per heavy atom. The van der Waals surface area contributed by atoms with Gasteiger partial charge in [-0.3, -0.25) is 9.80 Å². The van der Waals surface area contributed by atoms with Crippen molar-refractivity contribution >= 4 is 16.6 Å². The lowest BCUT2D eigenvalue weighted by molar-refractivity contribution is -0.0339. The quantitative estimate of drug-likeness (QED) is 0.380. The Kier molecular flexibility index (Phi) is 5.85. The fourth-order valence-electron chi connectivity index (χ4n) is 8.28. The average Bonchev–Trinajstić information content (AvgIpc) is 3.65. The highest BCUT2D eigenvalue weighted by molar-refractivity contribution is 5.85. The van der Waals surface area contributed by atoms with E-state index in [0.29, 0.717) is 18.1 Å². The van der Waals surface area contributed by atoms with E-state index in [0.717, 1.165) is 44.0 Å². The number of benzene rings is 2. The number of nitrogens with one attached hydrogen (secondary N) is 2. The van der Waals surface area contributed by atoms with E-state index < -0.39 is 6.17 Å². The summed E-state index contributed by atoms with van der Waals surface area (Å²) < 4.78 is 14.8. The Morgan fingerprint density at radius 1 is 1.08 bits per heavy atom. The van der Waals surface area contributed by atoms with Gasteiger partial charge in [-0.05, 0) is 87.2 Å². The van der Waals surface area contributed by atoms with Crippen LogP contribution in [0.5, 0.6) is 0 Å². The molecule has 3 aliphatic carbocycles. The van der Waals surface area contributed by atoms with Crippen LogP contribution in [0.1, 0.15) is 75.2 Å². The summed E-state index contributed by atoms with van der Waals surface area (Å²) in [6, 6.07) is 18.4. The molecule has 3 aromatic rings. The topological polar surface area (TPSA) is 34.3 Å². The van der Waals surface area contributed by atoms with Gasteiger partial charge in [-0.15, -0.1) is 0 Å². The molecule has 4 nitrogen and oxygen atoms in total. The van der Waals surface area contributed by atoms with Crippen LogP contribution < -0.4 is 5.32 Å². The number of likely N-dealkylation sites (tertiary alicyclic amines) is 1. The van der Waals surface area contributed by atoms with Crippen LogP contribution in [0.15, 0.2) is 48.5 Å². The molecule has 2 aromatic carbocycles. The van der Waals surface area contributed by atoms with Crippen molar-refractivity contribution < 1.29 is 4.39 Å². The first-order chi connectivity index (χ1) is 18.0. The molecule has 3 saturated carbocycles. The number of alkyl halides is 1. The molecule has 1 aromatic heterocycles. The van der Waals surface area contributed by atoms with E-state index in [2.05, 4.69) is 82.5 Å². The molecular formula is C32H41FN4. The zero-order chi connectivity index (χ0) is 25.1. The number of unbranched alkanes of at least 4 members (excludes halogenated alkanes) is 1. The second kappa shape index (κ2) is 9.13. The monoisotopic (exact) mass is 500 g/mol.